The highest BCUT2D eigenvalue weighted by atomic mass is 35.5. The van der Waals surface area contributed by atoms with Crippen molar-refractivity contribution in [3.63, 3.8) is 0 Å². The van der Waals surface area contributed by atoms with Gasteiger partial charge in [-0.2, -0.15) is 0 Å². The molecule has 1 amide bonds. The molecule has 7 nitrogen and oxygen atoms in total. The highest BCUT2D eigenvalue weighted by Crippen LogP contribution is 2.17. The van der Waals surface area contributed by atoms with E-state index >= 15 is 0 Å². The Labute approximate surface area is 122 Å². The number of rotatable bonds is 5. The zero-order valence-corrected chi connectivity index (χ0v) is 12.0. The van der Waals surface area contributed by atoms with Crippen LogP contribution in [0.1, 0.15) is 25.0 Å². The van der Waals surface area contributed by atoms with Crippen molar-refractivity contribution in [2.45, 2.75) is 32.2 Å². The fourth-order valence-corrected chi connectivity index (χ4v) is 2.25. The number of hydrogen-bond acceptors (Lipinski definition) is 5. The number of aryl methyl sites for hydroxylation is 1. The molecule has 2 heterocycles. The van der Waals surface area contributed by atoms with Crippen LogP contribution in [-0.4, -0.2) is 46.2 Å². The van der Waals surface area contributed by atoms with Gasteiger partial charge in [0.1, 0.15) is 11.8 Å². The number of carbonyl (C=O) groups excluding carboxylic acids is 1. The second kappa shape index (κ2) is 7.25. The van der Waals surface area contributed by atoms with Crippen LogP contribution in [0, 0.1) is 6.92 Å². The molecule has 2 rings (SSSR count). The summed E-state index contributed by atoms with van der Waals surface area (Å²) in [5.41, 5.74) is 0. The maximum atomic E-state index is 11.7. The van der Waals surface area contributed by atoms with Crippen molar-refractivity contribution in [1.82, 2.24) is 10.1 Å². The van der Waals surface area contributed by atoms with Gasteiger partial charge in [0.15, 0.2) is 5.82 Å². The number of aromatic nitrogens is 1. The van der Waals surface area contributed by atoms with E-state index in [9.17, 15) is 9.59 Å². The molecule has 2 N–H and O–H groups in total. The number of nitrogens with zero attached hydrogens (tertiary/aromatic N) is 2. The van der Waals surface area contributed by atoms with Crippen LogP contribution in [-0.2, 0) is 9.59 Å². The van der Waals surface area contributed by atoms with Gasteiger partial charge in [-0.05, 0) is 26.3 Å². The predicted molar refractivity (Wildman–Crippen MR) is 74.0 cm³/mol. The Kier molecular flexibility index (Phi) is 5.97. The lowest BCUT2D eigenvalue weighted by atomic mass is 10.2. The first-order chi connectivity index (χ1) is 9.06. The van der Waals surface area contributed by atoms with Crippen LogP contribution >= 0.6 is 12.4 Å². The minimum absolute atomic E-state index is 0. The molecule has 0 radical (unpaired) electrons. The monoisotopic (exact) mass is 303 g/mol. The molecule has 0 saturated carbocycles. The number of halogens is 1. The number of carbonyl (C=O) groups is 2. The van der Waals surface area contributed by atoms with E-state index in [4.69, 9.17) is 9.63 Å². The molecule has 1 saturated heterocycles. The average Bonchev–Trinajstić information content (AvgIpc) is 2.95. The zero-order valence-electron chi connectivity index (χ0n) is 11.2. The minimum atomic E-state index is -0.815. The number of carboxylic acids is 1. The maximum Gasteiger partial charge on any atom is 0.320 e. The number of anilines is 1. The largest absolute Gasteiger partial charge is 0.480 e. The molecule has 20 heavy (non-hydrogen) atoms. The summed E-state index contributed by atoms with van der Waals surface area (Å²) in [5, 5.41) is 15.3. The van der Waals surface area contributed by atoms with E-state index in [0.717, 1.165) is 13.0 Å². The van der Waals surface area contributed by atoms with Gasteiger partial charge in [-0.3, -0.25) is 14.5 Å². The first-order valence-electron chi connectivity index (χ1n) is 6.26. The number of nitrogens with one attached hydrogen (secondary N) is 1. The summed E-state index contributed by atoms with van der Waals surface area (Å²) in [6, 6.07) is 1.18. The van der Waals surface area contributed by atoms with Crippen LogP contribution in [0.15, 0.2) is 10.6 Å². The molecule has 1 aromatic heterocycles. The summed E-state index contributed by atoms with van der Waals surface area (Å²) in [7, 11) is 0. The van der Waals surface area contributed by atoms with Crippen molar-refractivity contribution in [1.29, 1.82) is 0 Å². The Morgan fingerprint density at radius 1 is 1.60 bits per heavy atom. The summed E-state index contributed by atoms with van der Waals surface area (Å²) in [6.45, 7) is 2.91. The van der Waals surface area contributed by atoms with Crippen molar-refractivity contribution in [2.24, 2.45) is 0 Å². The molecule has 1 aromatic rings. The SMILES string of the molecule is Cc1cc(NC(=O)CCN2CCCC2C(=O)O)no1.Cl. The minimum Gasteiger partial charge on any atom is -0.480 e. The van der Waals surface area contributed by atoms with Crippen LogP contribution in [0.4, 0.5) is 5.82 Å². The summed E-state index contributed by atoms with van der Waals surface area (Å²) >= 11 is 0. The second-order valence-electron chi connectivity index (χ2n) is 4.65. The van der Waals surface area contributed by atoms with Gasteiger partial charge in [0.2, 0.25) is 5.91 Å². The van der Waals surface area contributed by atoms with E-state index in [1.54, 1.807) is 13.0 Å². The van der Waals surface area contributed by atoms with Crippen LogP contribution in [0.25, 0.3) is 0 Å². The van der Waals surface area contributed by atoms with Crippen molar-refractivity contribution >= 4 is 30.1 Å². The number of amides is 1. The Bertz CT molecular complexity index is 477. The Morgan fingerprint density at radius 2 is 2.35 bits per heavy atom. The van der Waals surface area contributed by atoms with Crippen molar-refractivity contribution < 1.29 is 19.2 Å². The molecule has 0 bridgehead atoms. The van der Waals surface area contributed by atoms with Crippen molar-refractivity contribution in [2.75, 3.05) is 18.4 Å². The van der Waals surface area contributed by atoms with Gasteiger partial charge < -0.3 is 14.9 Å². The Hall–Kier alpha value is -1.60. The van der Waals surface area contributed by atoms with Crippen molar-refractivity contribution in [3.8, 4) is 0 Å². The number of hydrogen-bond donors (Lipinski definition) is 2. The van der Waals surface area contributed by atoms with Gasteiger partial charge in [-0.15, -0.1) is 12.4 Å². The van der Waals surface area contributed by atoms with E-state index in [1.165, 1.54) is 0 Å². The first-order valence-corrected chi connectivity index (χ1v) is 6.26. The molecule has 112 valence electrons. The molecule has 8 heteroatoms. The molecular weight excluding hydrogens is 286 g/mol. The van der Waals surface area contributed by atoms with E-state index in [-0.39, 0.29) is 24.7 Å². The topological polar surface area (TPSA) is 95.7 Å². The Balaban J connectivity index is 0.00000200. The molecule has 1 aliphatic heterocycles. The third-order valence-electron chi connectivity index (χ3n) is 3.17. The molecule has 0 aromatic carbocycles. The van der Waals surface area contributed by atoms with E-state index in [2.05, 4.69) is 10.5 Å². The molecule has 1 fully saturated rings. The summed E-state index contributed by atoms with van der Waals surface area (Å²) in [5.74, 6) is 0.00821. The standard InChI is InChI=1S/C12H17N3O4.ClH/c1-8-7-10(14-19-8)13-11(16)4-6-15-5-2-3-9(15)12(17)18;/h7,9H,2-6H2,1H3,(H,17,18)(H,13,14,16);1H. The van der Waals surface area contributed by atoms with Crippen LogP contribution in [0.3, 0.4) is 0 Å². The first kappa shape index (κ1) is 16.5. The van der Waals surface area contributed by atoms with E-state index in [1.807, 2.05) is 4.90 Å². The molecular formula is C12H18ClN3O4. The van der Waals surface area contributed by atoms with E-state index < -0.39 is 12.0 Å². The predicted octanol–water partition coefficient (Wildman–Crippen LogP) is 1.28. The fourth-order valence-electron chi connectivity index (χ4n) is 2.25. The molecule has 1 atom stereocenters. The van der Waals surface area contributed by atoms with E-state index in [0.29, 0.717) is 24.5 Å². The second-order valence-corrected chi connectivity index (χ2v) is 4.65. The molecule has 1 aliphatic rings. The molecule has 1 unspecified atom stereocenters. The lowest BCUT2D eigenvalue weighted by Crippen LogP contribution is -2.37. The summed E-state index contributed by atoms with van der Waals surface area (Å²) < 4.78 is 4.84. The van der Waals surface area contributed by atoms with Crippen LogP contribution < -0.4 is 5.32 Å². The maximum absolute atomic E-state index is 11.7. The zero-order chi connectivity index (χ0) is 13.8. The van der Waals surface area contributed by atoms with Gasteiger partial charge in [0.05, 0.1) is 0 Å². The fraction of sp³-hybridized carbons (Fsp3) is 0.583. The summed E-state index contributed by atoms with van der Waals surface area (Å²) in [4.78, 5) is 24.5. The molecule has 0 aliphatic carbocycles. The average molecular weight is 304 g/mol. The lowest BCUT2D eigenvalue weighted by molar-refractivity contribution is -0.142. The van der Waals surface area contributed by atoms with Crippen molar-refractivity contribution in [3.05, 3.63) is 11.8 Å². The Morgan fingerprint density at radius 3 is 2.95 bits per heavy atom. The van der Waals surface area contributed by atoms with Gasteiger partial charge in [-0.1, -0.05) is 5.16 Å². The quantitative estimate of drug-likeness (QED) is 0.851. The van der Waals surface area contributed by atoms with Gasteiger partial charge in [0, 0.05) is 19.0 Å². The van der Waals surface area contributed by atoms with Crippen LogP contribution in [0.5, 0.6) is 0 Å². The van der Waals surface area contributed by atoms with Gasteiger partial charge >= 0.3 is 5.97 Å². The number of aliphatic carboxylic acids is 1. The third-order valence-corrected chi connectivity index (χ3v) is 3.17. The number of likely N-dealkylation sites (tertiary alicyclic amines) is 1. The third kappa shape index (κ3) is 4.21. The number of carboxylic acid groups (broad SMARTS) is 1. The normalized spacial score (nSPS) is 18.6. The highest BCUT2D eigenvalue weighted by Gasteiger charge is 2.30. The van der Waals surface area contributed by atoms with Gasteiger partial charge in [-0.25, -0.2) is 0 Å². The summed E-state index contributed by atoms with van der Waals surface area (Å²) in [6.07, 6.45) is 1.76. The lowest BCUT2D eigenvalue weighted by Gasteiger charge is -2.20. The van der Waals surface area contributed by atoms with Gasteiger partial charge in [0.25, 0.3) is 0 Å². The molecule has 0 spiro atoms. The highest BCUT2D eigenvalue weighted by molar-refractivity contribution is 5.89. The smallest absolute Gasteiger partial charge is 0.320 e. The van der Waals surface area contributed by atoms with Crippen LogP contribution in [0.2, 0.25) is 0 Å².